The molecule has 3 N–H and O–H groups in total. The van der Waals surface area contributed by atoms with Crippen molar-refractivity contribution in [1.29, 1.82) is 0 Å². The molecule has 0 aromatic heterocycles. The van der Waals surface area contributed by atoms with Gasteiger partial charge in [0.25, 0.3) is 0 Å². The molecule has 1 amide bonds. The van der Waals surface area contributed by atoms with E-state index in [4.69, 9.17) is 19.9 Å². The molecular formula is C19H24N2O4. The molecule has 6 heteroatoms. The number of carbonyl (C=O) groups is 1. The molecule has 4 aliphatic rings. The minimum atomic E-state index is -0.834. The zero-order valence-corrected chi connectivity index (χ0v) is 14.5. The molecule has 3 fully saturated rings. The van der Waals surface area contributed by atoms with Gasteiger partial charge < -0.3 is 25.3 Å². The van der Waals surface area contributed by atoms with Crippen LogP contribution in [0.1, 0.15) is 36.8 Å². The van der Waals surface area contributed by atoms with Crippen molar-refractivity contribution in [3.63, 3.8) is 0 Å². The van der Waals surface area contributed by atoms with Crippen LogP contribution in [0.4, 0.5) is 0 Å². The topological polar surface area (TPSA) is 82.8 Å². The van der Waals surface area contributed by atoms with E-state index in [1.807, 2.05) is 0 Å². The first-order valence-electron chi connectivity index (χ1n) is 9.10. The number of amides is 1. The number of carbonyl (C=O) groups excluding carboxylic acids is 1. The van der Waals surface area contributed by atoms with E-state index in [-0.39, 0.29) is 23.5 Å². The predicted molar refractivity (Wildman–Crippen MR) is 90.9 cm³/mol. The third-order valence-electron chi connectivity index (χ3n) is 6.09. The Hall–Kier alpha value is -1.79. The summed E-state index contributed by atoms with van der Waals surface area (Å²) in [6.45, 7) is 3.49. The number of nitrogens with two attached hydrogens (primary N) is 1. The van der Waals surface area contributed by atoms with E-state index >= 15 is 0 Å². The highest BCUT2D eigenvalue weighted by Gasteiger charge is 2.53. The maximum Gasteiger partial charge on any atom is 0.245 e. The molecule has 6 nitrogen and oxygen atoms in total. The molecule has 1 spiro atoms. The lowest BCUT2D eigenvalue weighted by Gasteiger charge is -2.41. The lowest BCUT2D eigenvalue weighted by molar-refractivity contribution is -0.145. The van der Waals surface area contributed by atoms with Crippen LogP contribution in [0.2, 0.25) is 0 Å². The molecule has 1 aromatic rings. The zero-order valence-electron chi connectivity index (χ0n) is 14.5. The number of nitrogens with one attached hydrogen (secondary N) is 1. The Morgan fingerprint density at radius 3 is 2.68 bits per heavy atom. The zero-order chi connectivity index (χ0) is 17.2. The first-order valence-corrected chi connectivity index (χ1v) is 9.10. The van der Waals surface area contributed by atoms with Gasteiger partial charge in [0.1, 0.15) is 23.1 Å². The van der Waals surface area contributed by atoms with Gasteiger partial charge in [-0.3, -0.25) is 4.79 Å². The summed E-state index contributed by atoms with van der Waals surface area (Å²) in [5.41, 5.74) is 7.78. The number of hydrogen-bond acceptors (Lipinski definition) is 5. The first kappa shape index (κ1) is 15.5. The highest BCUT2D eigenvalue weighted by molar-refractivity contribution is 5.87. The number of aryl methyl sites for hydroxylation is 1. The van der Waals surface area contributed by atoms with Crippen LogP contribution < -0.4 is 20.5 Å². The quantitative estimate of drug-likeness (QED) is 0.857. The molecule has 0 radical (unpaired) electrons. The van der Waals surface area contributed by atoms with Crippen molar-refractivity contribution in [3.8, 4) is 11.5 Å². The molecule has 2 heterocycles. The predicted octanol–water partition coefficient (Wildman–Crippen LogP) is 1.17. The summed E-state index contributed by atoms with van der Waals surface area (Å²) in [6.07, 6.45) is 4.14. The smallest absolute Gasteiger partial charge is 0.245 e. The van der Waals surface area contributed by atoms with Gasteiger partial charge in [-0.2, -0.15) is 0 Å². The van der Waals surface area contributed by atoms with Gasteiger partial charge in [-0.25, -0.2) is 0 Å². The molecule has 2 aliphatic carbocycles. The largest absolute Gasteiger partial charge is 0.492 e. The first-order chi connectivity index (χ1) is 12.0. The monoisotopic (exact) mass is 344 g/mol. The SMILES string of the molecule is Cc1ccc(O[C@H]2C[C@H](NC(=O)C3(N)COC3)C2)c2c1OCC21CC1. The fraction of sp³-hybridized carbons (Fsp3) is 0.632. The van der Waals surface area contributed by atoms with E-state index in [1.165, 1.54) is 24.0 Å². The minimum absolute atomic E-state index is 0.108. The summed E-state index contributed by atoms with van der Waals surface area (Å²) >= 11 is 0. The molecular weight excluding hydrogens is 320 g/mol. The second-order valence-electron chi connectivity index (χ2n) is 8.18. The molecule has 0 unspecified atom stereocenters. The maximum absolute atomic E-state index is 12.1. The van der Waals surface area contributed by atoms with E-state index in [2.05, 4.69) is 24.4 Å². The van der Waals surface area contributed by atoms with Crippen LogP contribution in [-0.4, -0.2) is 43.4 Å². The number of benzene rings is 1. The summed E-state index contributed by atoms with van der Waals surface area (Å²) in [7, 11) is 0. The van der Waals surface area contributed by atoms with E-state index in [0.29, 0.717) is 13.2 Å². The Bertz CT molecular complexity index is 733. The normalized spacial score (nSPS) is 29.8. The Labute approximate surface area is 147 Å². The second kappa shape index (κ2) is 5.11. The van der Waals surface area contributed by atoms with Gasteiger partial charge in [0, 0.05) is 29.9 Å². The van der Waals surface area contributed by atoms with E-state index < -0.39 is 5.54 Å². The Balaban J connectivity index is 1.22. The number of rotatable bonds is 4. The van der Waals surface area contributed by atoms with Gasteiger partial charge in [-0.1, -0.05) is 6.07 Å². The molecule has 0 atom stereocenters. The van der Waals surface area contributed by atoms with Crippen LogP contribution in [0.25, 0.3) is 0 Å². The van der Waals surface area contributed by atoms with Crippen LogP contribution >= 0.6 is 0 Å². The van der Waals surface area contributed by atoms with Gasteiger partial charge in [0.15, 0.2) is 0 Å². The van der Waals surface area contributed by atoms with Crippen LogP contribution in [0, 0.1) is 6.92 Å². The Morgan fingerprint density at radius 1 is 1.28 bits per heavy atom. The van der Waals surface area contributed by atoms with E-state index in [9.17, 15) is 4.79 Å². The van der Waals surface area contributed by atoms with Crippen molar-refractivity contribution in [2.24, 2.45) is 5.73 Å². The van der Waals surface area contributed by atoms with Gasteiger partial charge >= 0.3 is 0 Å². The van der Waals surface area contributed by atoms with Gasteiger partial charge in [-0.15, -0.1) is 0 Å². The molecule has 0 bridgehead atoms. The summed E-state index contributed by atoms with van der Waals surface area (Å²) in [5, 5.41) is 3.02. The van der Waals surface area contributed by atoms with Crippen LogP contribution in [0.3, 0.4) is 0 Å². The standard InChI is InChI=1S/C19H24N2O4/c1-11-2-3-14(15-16(11)24-8-18(15)4-5-18)25-13-6-12(7-13)21-17(22)19(20)9-23-10-19/h2-3,12-13H,4-10,20H2,1H3,(H,21,22)/t12-,13-. The molecule has 2 aliphatic heterocycles. The molecule has 25 heavy (non-hydrogen) atoms. The average molecular weight is 344 g/mol. The molecule has 2 saturated carbocycles. The van der Waals surface area contributed by atoms with Crippen molar-refractivity contribution in [3.05, 3.63) is 23.3 Å². The van der Waals surface area contributed by atoms with Gasteiger partial charge in [0.05, 0.1) is 19.8 Å². The number of fused-ring (bicyclic) bond motifs is 2. The Kier molecular flexibility index (Phi) is 3.16. The summed E-state index contributed by atoms with van der Waals surface area (Å²) in [4.78, 5) is 12.1. The van der Waals surface area contributed by atoms with E-state index in [0.717, 1.165) is 30.9 Å². The molecule has 1 saturated heterocycles. The van der Waals surface area contributed by atoms with Crippen LogP contribution in [0.15, 0.2) is 12.1 Å². The average Bonchev–Trinajstić information content (AvgIpc) is 3.19. The van der Waals surface area contributed by atoms with Crippen molar-refractivity contribution >= 4 is 5.91 Å². The third-order valence-corrected chi connectivity index (χ3v) is 6.09. The Morgan fingerprint density at radius 2 is 2.04 bits per heavy atom. The summed E-state index contributed by atoms with van der Waals surface area (Å²) < 4.78 is 17.3. The fourth-order valence-corrected chi connectivity index (χ4v) is 4.02. The second-order valence-corrected chi connectivity index (χ2v) is 8.18. The lowest BCUT2D eigenvalue weighted by atomic mass is 9.87. The highest BCUT2D eigenvalue weighted by atomic mass is 16.5. The fourth-order valence-electron chi connectivity index (χ4n) is 4.02. The molecule has 1 aromatic carbocycles. The summed E-state index contributed by atoms with van der Waals surface area (Å²) in [6, 6.07) is 4.29. The van der Waals surface area contributed by atoms with Crippen molar-refractivity contribution in [1.82, 2.24) is 5.32 Å². The highest BCUT2D eigenvalue weighted by Crippen LogP contribution is 2.59. The van der Waals surface area contributed by atoms with E-state index in [1.54, 1.807) is 0 Å². The molecule has 5 rings (SSSR count). The summed E-state index contributed by atoms with van der Waals surface area (Å²) in [5.74, 6) is 1.88. The number of ether oxygens (including phenoxy) is 3. The van der Waals surface area contributed by atoms with Gasteiger partial charge in [0.2, 0.25) is 5.91 Å². The maximum atomic E-state index is 12.1. The van der Waals surface area contributed by atoms with Crippen molar-refractivity contribution in [2.45, 2.75) is 55.7 Å². The van der Waals surface area contributed by atoms with Crippen LogP contribution in [0.5, 0.6) is 11.5 Å². The minimum Gasteiger partial charge on any atom is -0.492 e. The van der Waals surface area contributed by atoms with Gasteiger partial charge in [-0.05, 0) is 31.4 Å². The molecule has 134 valence electrons. The van der Waals surface area contributed by atoms with Crippen molar-refractivity contribution in [2.75, 3.05) is 19.8 Å². The van der Waals surface area contributed by atoms with Crippen LogP contribution in [-0.2, 0) is 14.9 Å². The van der Waals surface area contributed by atoms with Crippen molar-refractivity contribution < 1.29 is 19.0 Å². The number of hydrogen-bond donors (Lipinski definition) is 2. The third kappa shape index (κ3) is 2.34. The lowest BCUT2D eigenvalue weighted by Crippen LogP contribution is -2.68.